The minimum Gasteiger partial charge on any atom is -0.487 e. The van der Waals surface area contributed by atoms with Crippen LogP contribution in [0.4, 0.5) is 5.69 Å². The van der Waals surface area contributed by atoms with Gasteiger partial charge in [-0.15, -0.1) is 0 Å². The van der Waals surface area contributed by atoms with E-state index in [0.717, 1.165) is 0 Å². The molecule has 0 saturated heterocycles. The third-order valence-electron chi connectivity index (χ3n) is 2.21. The Kier molecular flexibility index (Phi) is 4.78. The lowest BCUT2D eigenvalue weighted by atomic mass is 10.1. The Hall–Kier alpha value is -1.75. The molecule has 0 bridgehead atoms. The first-order valence-electron chi connectivity index (χ1n) is 5.35. The van der Waals surface area contributed by atoms with Crippen LogP contribution in [-0.2, 0) is 4.74 Å². The maximum atomic E-state index is 11.6. The molecule has 0 fully saturated rings. The Morgan fingerprint density at radius 2 is 2.24 bits per heavy atom. The highest BCUT2D eigenvalue weighted by molar-refractivity contribution is 5.97. The molecule has 0 spiro atoms. The van der Waals surface area contributed by atoms with Crippen molar-refractivity contribution in [2.24, 2.45) is 0 Å². The van der Waals surface area contributed by atoms with Gasteiger partial charge in [-0.25, -0.2) is 0 Å². The average molecular weight is 238 g/mol. The molecular formula is C12H18N2O3. The van der Waals surface area contributed by atoms with Crippen LogP contribution < -0.4 is 15.8 Å². The maximum absolute atomic E-state index is 11.6. The van der Waals surface area contributed by atoms with Crippen LogP contribution in [0, 0.1) is 0 Å². The van der Waals surface area contributed by atoms with E-state index >= 15 is 0 Å². The number of anilines is 1. The SMILES string of the molecule is CNC(=O)c1ccc(N)cc1OC(C)COC. The second-order valence-corrected chi connectivity index (χ2v) is 3.72. The molecule has 1 aromatic rings. The lowest BCUT2D eigenvalue weighted by Gasteiger charge is -2.16. The summed E-state index contributed by atoms with van der Waals surface area (Å²) in [6, 6.07) is 4.94. The number of nitrogens with one attached hydrogen (secondary N) is 1. The van der Waals surface area contributed by atoms with Crippen LogP contribution in [0.25, 0.3) is 0 Å². The van der Waals surface area contributed by atoms with Gasteiger partial charge in [-0.3, -0.25) is 4.79 Å². The molecule has 5 heteroatoms. The molecule has 0 aromatic heterocycles. The standard InChI is InChI=1S/C12H18N2O3/c1-8(7-16-3)17-11-6-9(13)4-5-10(11)12(15)14-2/h4-6,8H,7,13H2,1-3H3,(H,14,15). The van der Waals surface area contributed by atoms with E-state index in [0.29, 0.717) is 23.6 Å². The van der Waals surface area contributed by atoms with E-state index in [1.165, 1.54) is 0 Å². The molecule has 1 unspecified atom stereocenters. The van der Waals surface area contributed by atoms with Crippen LogP contribution >= 0.6 is 0 Å². The Labute approximate surface area is 101 Å². The molecular weight excluding hydrogens is 220 g/mol. The van der Waals surface area contributed by atoms with Gasteiger partial charge in [-0.1, -0.05) is 0 Å². The van der Waals surface area contributed by atoms with E-state index < -0.39 is 0 Å². The van der Waals surface area contributed by atoms with Crippen molar-refractivity contribution in [2.45, 2.75) is 13.0 Å². The molecule has 0 heterocycles. The highest BCUT2D eigenvalue weighted by Gasteiger charge is 2.13. The molecule has 3 N–H and O–H groups in total. The fourth-order valence-corrected chi connectivity index (χ4v) is 1.44. The van der Waals surface area contributed by atoms with Gasteiger partial charge in [0, 0.05) is 25.9 Å². The molecule has 17 heavy (non-hydrogen) atoms. The highest BCUT2D eigenvalue weighted by atomic mass is 16.5. The first-order chi connectivity index (χ1) is 8.08. The van der Waals surface area contributed by atoms with Crippen LogP contribution in [0.5, 0.6) is 5.75 Å². The zero-order chi connectivity index (χ0) is 12.8. The van der Waals surface area contributed by atoms with E-state index in [1.54, 1.807) is 32.4 Å². The van der Waals surface area contributed by atoms with Gasteiger partial charge in [0.2, 0.25) is 0 Å². The van der Waals surface area contributed by atoms with Crippen molar-refractivity contribution in [3.63, 3.8) is 0 Å². The zero-order valence-electron chi connectivity index (χ0n) is 10.3. The summed E-state index contributed by atoms with van der Waals surface area (Å²) in [5, 5.41) is 2.56. The van der Waals surface area contributed by atoms with Gasteiger partial charge >= 0.3 is 0 Å². The Morgan fingerprint density at radius 1 is 1.53 bits per heavy atom. The fraction of sp³-hybridized carbons (Fsp3) is 0.417. The van der Waals surface area contributed by atoms with E-state index in [1.807, 2.05) is 6.92 Å². The minimum absolute atomic E-state index is 0.148. The number of hydrogen-bond acceptors (Lipinski definition) is 4. The summed E-state index contributed by atoms with van der Waals surface area (Å²) in [6.45, 7) is 2.31. The van der Waals surface area contributed by atoms with Gasteiger partial charge in [0.15, 0.2) is 0 Å². The van der Waals surface area contributed by atoms with Gasteiger partial charge in [-0.05, 0) is 19.1 Å². The first-order valence-corrected chi connectivity index (χ1v) is 5.35. The molecule has 1 aromatic carbocycles. The number of ether oxygens (including phenoxy) is 2. The Morgan fingerprint density at radius 3 is 2.82 bits per heavy atom. The number of carbonyl (C=O) groups excluding carboxylic acids is 1. The second-order valence-electron chi connectivity index (χ2n) is 3.72. The first kappa shape index (κ1) is 13.3. The van der Waals surface area contributed by atoms with Gasteiger partial charge in [0.1, 0.15) is 11.9 Å². The van der Waals surface area contributed by atoms with Crippen LogP contribution in [-0.4, -0.2) is 32.8 Å². The van der Waals surface area contributed by atoms with Crippen LogP contribution in [0.15, 0.2) is 18.2 Å². The Bertz CT molecular complexity index is 393. The fourth-order valence-electron chi connectivity index (χ4n) is 1.44. The lowest BCUT2D eigenvalue weighted by molar-refractivity contribution is 0.0874. The summed E-state index contributed by atoms with van der Waals surface area (Å²) >= 11 is 0. The van der Waals surface area contributed by atoms with E-state index in [9.17, 15) is 4.79 Å². The molecule has 0 aliphatic rings. The molecule has 0 aliphatic carbocycles. The average Bonchev–Trinajstić information content (AvgIpc) is 2.28. The van der Waals surface area contributed by atoms with Gasteiger partial charge in [-0.2, -0.15) is 0 Å². The third kappa shape index (κ3) is 3.64. The molecule has 0 radical (unpaired) electrons. The molecule has 0 saturated carbocycles. The van der Waals surface area contributed by atoms with E-state index in [-0.39, 0.29) is 12.0 Å². The van der Waals surface area contributed by atoms with Crippen molar-refractivity contribution in [1.29, 1.82) is 0 Å². The van der Waals surface area contributed by atoms with Crippen molar-refractivity contribution in [3.8, 4) is 5.75 Å². The lowest BCUT2D eigenvalue weighted by Crippen LogP contribution is -2.23. The number of benzene rings is 1. The molecule has 1 atom stereocenters. The van der Waals surface area contributed by atoms with E-state index in [4.69, 9.17) is 15.2 Å². The van der Waals surface area contributed by atoms with Crippen molar-refractivity contribution >= 4 is 11.6 Å². The van der Waals surface area contributed by atoms with Crippen molar-refractivity contribution in [2.75, 3.05) is 26.5 Å². The van der Waals surface area contributed by atoms with Crippen molar-refractivity contribution < 1.29 is 14.3 Å². The maximum Gasteiger partial charge on any atom is 0.254 e. The van der Waals surface area contributed by atoms with Crippen LogP contribution in [0.1, 0.15) is 17.3 Å². The summed E-state index contributed by atoms with van der Waals surface area (Å²) < 4.78 is 10.6. The monoisotopic (exact) mass is 238 g/mol. The van der Waals surface area contributed by atoms with Gasteiger partial charge < -0.3 is 20.5 Å². The summed E-state index contributed by atoms with van der Waals surface area (Å²) in [5.74, 6) is 0.263. The molecule has 1 rings (SSSR count). The number of carbonyl (C=O) groups is 1. The Balaban J connectivity index is 2.94. The number of nitrogens with two attached hydrogens (primary N) is 1. The van der Waals surface area contributed by atoms with Crippen molar-refractivity contribution in [1.82, 2.24) is 5.32 Å². The molecule has 0 aliphatic heterocycles. The number of methoxy groups -OCH3 is 1. The number of nitrogen functional groups attached to an aromatic ring is 1. The summed E-state index contributed by atoms with van der Waals surface area (Å²) in [5.41, 5.74) is 6.69. The smallest absolute Gasteiger partial charge is 0.254 e. The normalized spacial score (nSPS) is 11.9. The van der Waals surface area contributed by atoms with Gasteiger partial charge in [0.05, 0.1) is 12.2 Å². The molecule has 1 amide bonds. The number of hydrogen-bond donors (Lipinski definition) is 2. The van der Waals surface area contributed by atoms with E-state index in [2.05, 4.69) is 5.32 Å². The highest BCUT2D eigenvalue weighted by Crippen LogP contribution is 2.23. The molecule has 5 nitrogen and oxygen atoms in total. The topological polar surface area (TPSA) is 73.6 Å². The summed E-state index contributed by atoms with van der Waals surface area (Å²) in [4.78, 5) is 11.6. The van der Waals surface area contributed by atoms with Crippen LogP contribution in [0.2, 0.25) is 0 Å². The third-order valence-corrected chi connectivity index (χ3v) is 2.21. The number of amides is 1. The second kappa shape index (κ2) is 6.10. The van der Waals surface area contributed by atoms with Crippen LogP contribution in [0.3, 0.4) is 0 Å². The largest absolute Gasteiger partial charge is 0.487 e. The number of rotatable bonds is 5. The predicted octanol–water partition coefficient (Wildman–Crippen LogP) is 1.04. The minimum atomic E-state index is -0.204. The quantitative estimate of drug-likeness (QED) is 0.752. The van der Waals surface area contributed by atoms with Crippen molar-refractivity contribution in [3.05, 3.63) is 23.8 Å². The summed E-state index contributed by atoms with van der Waals surface area (Å²) in [7, 11) is 3.17. The van der Waals surface area contributed by atoms with Gasteiger partial charge in [0.25, 0.3) is 5.91 Å². The predicted molar refractivity (Wildman–Crippen MR) is 66.2 cm³/mol. The molecule has 94 valence electrons. The zero-order valence-corrected chi connectivity index (χ0v) is 10.3. The summed E-state index contributed by atoms with van der Waals surface area (Å²) in [6.07, 6.45) is -0.148.